The third-order valence-electron chi connectivity index (χ3n) is 7.38. The first kappa shape index (κ1) is 34.9. The number of carbonyl (C=O) groups excluding carboxylic acids is 5. The number of rotatable bonds is 12. The number of oxime groups is 1. The Kier molecular flexibility index (Phi) is 9.45. The van der Waals surface area contributed by atoms with Crippen LogP contribution in [0.4, 0.5) is 9.93 Å². The number of benzene rings is 1. The van der Waals surface area contributed by atoms with Crippen molar-refractivity contribution in [2.75, 3.05) is 32.0 Å². The molecule has 24 heteroatoms. The quantitative estimate of drug-likeness (QED) is 0.0285. The minimum atomic E-state index is -2.11. The van der Waals surface area contributed by atoms with E-state index in [9.17, 15) is 54.0 Å². The van der Waals surface area contributed by atoms with Gasteiger partial charge in [-0.1, -0.05) is 28.5 Å². The molecule has 0 radical (unpaired) electrons. The maximum atomic E-state index is 13.4. The van der Waals surface area contributed by atoms with E-state index < -0.39 is 105 Å². The van der Waals surface area contributed by atoms with E-state index in [2.05, 4.69) is 20.9 Å². The normalized spacial score (nSPS) is 22.3. The van der Waals surface area contributed by atoms with Gasteiger partial charge in [-0.15, -0.1) is 11.3 Å². The number of urea groups is 1. The molecule has 3 saturated heterocycles. The first-order chi connectivity index (χ1) is 23.1. The van der Waals surface area contributed by atoms with Crippen molar-refractivity contribution >= 4 is 87.0 Å². The number of anilines is 1. The zero-order valence-electron chi connectivity index (χ0n) is 24.3. The molecule has 5 rings (SSSR count). The number of hydrazine groups is 1. The number of aliphatic hydroxyl groups is 1. The number of nitrogens with zero attached hydrogens (tertiary/aromatic N) is 5. The number of β-lactam (4-membered cyclic amide) rings is 1. The Morgan fingerprint density at radius 2 is 1.88 bits per heavy atom. The summed E-state index contributed by atoms with van der Waals surface area (Å²) < 4.78 is 0. The molecule has 260 valence electrons. The zero-order chi connectivity index (χ0) is 35.9. The third-order valence-corrected chi connectivity index (χ3v) is 10.1. The number of nitrogens with one attached hydrogen (secondary N) is 2. The summed E-state index contributed by atoms with van der Waals surface area (Å²) in [5, 5.41) is 54.1. The van der Waals surface area contributed by atoms with Crippen LogP contribution in [0.1, 0.15) is 16.1 Å². The number of phenolic OH excluding ortho intramolecular Hbond substituents is 2. The molecule has 5 amide bonds. The standard InChI is InChI=1S/C25H23ClN8O13S2/c26-12-8(1-2-10(36)16(12)38)15(37)18(40)30-34-4-3-33(24(34)46)25(22(44)45)7-32-19(41)14(20(32)49-25)29-17(39)13(9-6-48-23(27)28-9)31-47-11(5-35)21(42)43/h1-2,6,11,14,20,35-36,38H,3-5,7H2,(H2,27,28)(H,29,39)(H,30,40)(H,42,43)(H,44,45)/b31-13-/t11-,14-,20-,25-/m1/s1. The lowest BCUT2D eigenvalue weighted by Crippen LogP contribution is -2.68. The second kappa shape index (κ2) is 13.3. The minimum absolute atomic E-state index is 0.00394. The number of amides is 5. The van der Waals surface area contributed by atoms with Gasteiger partial charge in [0.2, 0.25) is 16.9 Å². The van der Waals surface area contributed by atoms with Crippen LogP contribution in [0.5, 0.6) is 11.5 Å². The van der Waals surface area contributed by atoms with Crippen molar-refractivity contribution < 1.29 is 63.9 Å². The number of ketones is 1. The first-order valence-electron chi connectivity index (χ1n) is 13.6. The number of aromatic hydroxyl groups is 2. The van der Waals surface area contributed by atoms with Gasteiger partial charge in [0.15, 0.2) is 22.3 Å². The molecule has 0 saturated carbocycles. The van der Waals surface area contributed by atoms with E-state index in [1.807, 2.05) is 0 Å². The molecule has 3 aliphatic heterocycles. The molecule has 0 aliphatic carbocycles. The Morgan fingerprint density at radius 1 is 1.16 bits per heavy atom. The predicted molar refractivity (Wildman–Crippen MR) is 164 cm³/mol. The Balaban J connectivity index is 1.30. The average Bonchev–Trinajstić information content (AvgIpc) is 3.76. The van der Waals surface area contributed by atoms with Crippen molar-refractivity contribution in [2.24, 2.45) is 5.16 Å². The Bertz CT molecular complexity index is 1820. The molecule has 3 aliphatic rings. The Morgan fingerprint density at radius 3 is 2.49 bits per heavy atom. The summed E-state index contributed by atoms with van der Waals surface area (Å²) in [5.74, 6) is -9.10. The van der Waals surface area contributed by atoms with Crippen molar-refractivity contribution in [1.82, 2.24) is 30.5 Å². The summed E-state index contributed by atoms with van der Waals surface area (Å²) in [6.07, 6.45) is -1.85. The molecule has 0 spiro atoms. The number of aliphatic carboxylic acids is 2. The fourth-order valence-electron chi connectivity index (χ4n) is 4.89. The number of carbonyl (C=O) groups is 7. The number of nitrogen functional groups attached to an aromatic ring is 1. The van der Waals surface area contributed by atoms with Crippen LogP contribution in [0.2, 0.25) is 5.02 Å². The van der Waals surface area contributed by atoms with Crippen molar-refractivity contribution in [2.45, 2.75) is 22.4 Å². The number of nitrogens with two attached hydrogens (primary N) is 1. The van der Waals surface area contributed by atoms with Crippen LogP contribution in [0.15, 0.2) is 22.7 Å². The van der Waals surface area contributed by atoms with Crippen LogP contribution in [0.3, 0.4) is 0 Å². The molecule has 0 unspecified atom stereocenters. The van der Waals surface area contributed by atoms with E-state index in [1.54, 1.807) is 0 Å². The van der Waals surface area contributed by atoms with Crippen molar-refractivity contribution in [3.05, 3.63) is 33.8 Å². The molecule has 1 aromatic carbocycles. The van der Waals surface area contributed by atoms with Gasteiger partial charge in [0, 0.05) is 11.9 Å². The number of hydrogen-bond donors (Lipinski definition) is 8. The number of phenols is 2. The van der Waals surface area contributed by atoms with Gasteiger partial charge in [-0.25, -0.2) is 24.4 Å². The highest BCUT2D eigenvalue weighted by Crippen LogP contribution is 2.49. The van der Waals surface area contributed by atoms with E-state index in [0.717, 1.165) is 33.3 Å². The predicted octanol–water partition coefficient (Wildman–Crippen LogP) is -2.21. The Labute approximate surface area is 285 Å². The van der Waals surface area contributed by atoms with Crippen LogP contribution in [0.25, 0.3) is 0 Å². The number of carboxylic acid groups (broad SMARTS) is 2. The minimum Gasteiger partial charge on any atom is -0.504 e. The van der Waals surface area contributed by atoms with Gasteiger partial charge in [-0.3, -0.25) is 29.5 Å². The highest BCUT2D eigenvalue weighted by molar-refractivity contribution is 8.02. The summed E-state index contributed by atoms with van der Waals surface area (Å²) >= 11 is 7.40. The topological polar surface area (TPSA) is 315 Å². The first-order valence-corrected chi connectivity index (χ1v) is 15.7. The van der Waals surface area contributed by atoms with Gasteiger partial charge in [0.05, 0.1) is 30.3 Å². The second-order valence-electron chi connectivity index (χ2n) is 10.3. The van der Waals surface area contributed by atoms with Gasteiger partial charge in [-0.2, -0.15) is 0 Å². The van der Waals surface area contributed by atoms with Gasteiger partial charge >= 0.3 is 23.9 Å². The third kappa shape index (κ3) is 6.18. The van der Waals surface area contributed by atoms with E-state index in [4.69, 9.17) is 27.3 Å². The largest absolute Gasteiger partial charge is 0.504 e. The molecule has 0 bridgehead atoms. The lowest BCUT2D eigenvalue weighted by molar-refractivity contribution is -0.153. The number of Topliss-reactive ketones (excluding diaryl/α,β-unsaturated/α-hetero) is 1. The zero-order valence-corrected chi connectivity index (χ0v) is 26.7. The molecule has 4 heterocycles. The summed E-state index contributed by atoms with van der Waals surface area (Å²) in [6, 6.07) is -0.513. The number of fused-ring (bicyclic) bond motifs is 1. The van der Waals surface area contributed by atoms with Gasteiger partial charge in [-0.05, 0) is 12.1 Å². The molecule has 49 heavy (non-hydrogen) atoms. The van der Waals surface area contributed by atoms with Crippen LogP contribution in [-0.2, 0) is 28.8 Å². The van der Waals surface area contributed by atoms with E-state index in [1.165, 1.54) is 5.38 Å². The molecule has 2 aromatic rings. The van der Waals surface area contributed by atoms with E-state index in [-0.39, 0.29) is 23.9 Å². The van der Waals surface area contributed by atoms with Gasteiger partial charge < -0.3 is 46.3 Å². The van der Waals surface area contributed by atoms with Crippen molar-refractivity contribution in [1.29, 1.82) is 0 Å². The summed E-state index contributed by atoms with van der Waals surface area (Å²) in [7, 11) is 0. The molecule has 3 fully saturated rings. The number of aliphatic hydroxyl groups excluding tert-OH is 1. The number of halogens is 1. The van der Waals surface area contributed by atoms with Crippen LogP contribution < -0.4 is 16.5 Å². The summed E-state index contributed by atoms with van der Waals surface area (Å²) in [5.41, 5.74) is 6.44. The SMILES string of the molecule is Nc1nc(/C(=N/O[C@H](CO)C(=O)O)C(=O)N[C@@H]2C(=O)N3C[C@@](C(=O)O)(N4CCN(NC(=O)C(=O)c5ccc(O)c(O)c5Cl)C4=O)S[C@H]23)cs1. The average molecular weight is 743 g/mol. The van der Waals surface area contributed by atoms with E-state index in [0.29, 0.717) is 16.8 Å². The molecule has 4 atom stereocenters. The van der Waals surface area contributed by atoms with Gasteiger partial charge in [0.1, 0.15) is 17.1 Å². The fourth-order valence-corrected chi connectivity index (χ4v) is 7.32. The highest BCUT2D eigenvalue weighted by atomic mass is 35.5. The van der Waals surface area contributed by atoms with Gasteiger partial charge in [0.25, 0.3) is 11.7 Å². The fraction of sp³-hybridized carbons (Fsp3) is 0.320. The van der Waals surface area contributed by atoms with E-state index >= 15 is 0 Å². The maximum absolute atomic E-state index is 13.4. The Hall–Kier alpha value is -5.39. The number of aromatic nitrogens is 1. The molecular formula is C25H23ClN8O13S2. The number of thioether (sulfide) groups is 1. The lowest BCUT2D eigenvalue weighted by atomic mass is 10.1. The van der Waals surface area contributed by atoms with Crippen LogP contribution in [0, 0.1) is 0 Å². The second-order valence-corrected chi connectivity index (χ2v) is 13.0. The monoisotopic (exact) mass is 742 g/mol. The molecular weight excluding hydrogens is 720 g/mol. The van der Waals surface area contributed by atoms with Crippen molar-refractivity contribution in [3.8, 4) is 11.5 Å². The number of carboxylic acids is 2. The molecule has 9 N–H and O–H groups in total. The number of thiazole rings is 1. The lowest BCUT2D eigenvalue weighted by Gasteiger charge is -2.41. The smallest absolute Gasteiger partial charge is 0.350 e. The number of hydrogen-bond acceptors (Lipinski definition) is 16. The van der Waals surface area contributed by atoms with Crippen molar-refractivity contribution in [3.63, 3.8) is 0 Å². The van der Waals surface area contributed by atoms with Crippen LogP contribution in [-0.4, -0.2) is 141 Å². The molecule has 1 aromatic heterocycles. The maximum Gasteiger partial charge on any atom is 0.350 e. The highest BCUT2D eigenvalue weighted by Gasteiger charge is 2.66. The molecule has 21 nitrogen and oxygen atoms in total. The van der Waals surface area contributed by atoms with Crippen LogP contribution >= 0.6 is 34.7 Å². The summed E-state index contributed by atoms with van der Waals surface area (Å²) in [6.45, 7) is -2.10. The summed E-state index contributed by atoms with van der Waals surface area (Å²) in [4.78, 5) is 97.5.